The summed E-state index contributed by atoms with van der Waals surface area (Å²) < 4.78 is 77.6. The van der Waals surface area contributed by atoms with Crippen LogP contribution in [0, 0.1) is 0 Å². The summed E-state index contributed by atoms with van der Waals surface area (Å²) in [5.74, 6) is 0.499. The summed E-state index contributed by atoms with van der Waals surface area (Å²) in [6, 6.07) is 6.04. The number of benzene rings is 1. The second-order valence-corrected chi connectivity index (χ2v) is 5.75. The zero-order valence-corrected chi connectivity index (χ0v) is 17.7. The van der Waals surface area contributed by atoms with Crippen LogP contribution in [0.15, 0.2) is 29.3 Å². The Labute approximate surface area is 176 Å². The molecule has 0 unspecified atom stereocenters. The number of nitrogens with one attached hydrogen (secondary N) is 2. The highest BCUT2D eigenvalue weighted by Crippen LogP contribution is 2.19. The predicted molar refractivity (Wildman–Crippen MR) is 105 cm³/mol. The number of alkyl halides is 6. The number of ether oxygens (including phenoxy) is 1. The van der Waals surface area contributed by atoms with Gasteiger partial charge in [-0.25, -0.2) is 0 Å². The fraction of sp³-hybridized carbons (Fsp3) is 0.562. The maximum atomic E-state index is 12.2. The average molecular weight is 528 g/mol. The molecule has 0 amide bonds. The quantitative estimate of drug-likeness (QED) is 0.235. The lowest BCUT2D eigenvalue weighted by molar-refractivity contribution is -0.153. The van der Waals surface area contributed by atoms with Gasteiger partial charge in [-0.05, 0) is 24.7 Å². The van der Waals surface area contributed by atoms with Gasteiger partial charge in [0.1, 0.15) is 5.75 Å². The van der Waals surface area contributed by atoms with Crippen LogP contribution in [0.4, 0.5) is 26.3 Å². The lowest BCUT2D eigenvalue weighted by Gasteiger charge is -2.19. The van der Waals surface area contributed by atoms with Gasteiger partial charge in [-0.2, -0.15) is 26.3 Å². The van der Waals surface area contributed by atoms with Crippen LogP contribution in [-0.4, -0.2) is 63.5 Å². The van der Waals surface area contributed by atoms with Gasteiger partial charge >= 0.3 is 12.4 Å². The fourth-order valence-electron chi connectivity index (χ4n) is 2.03. The molecule has 1 aromatic rings. The summed E-state index contributed by atoms with van der Waals surface area (Å²) >= 11 is 0. The van der Waals surface area contributed by atoms with E-state index in [4.69, 9.17) is 0 Å². The van der Waals surface area contributed by atoms with Crippen molar-refractivity contribution in [2.75, 3.05) is 40.3 Å². The Morgan fingerprint density at radius 1 is 1.04 bits per heavy atom. The van der Waals surface area contributed by atoms with Crippen molar-refractivity contribution in [1.29, 1.82) is 0 Å². The van der Waals surface area contributed by atoms with Crippen LogP contribution in [0.2, 0.25) is 0 Å². The summed E-state index contributed by atoms with van der Waals surface area (Å²) in [5.41, 5.74) is 0.770. The monoisotopic (exact) mass is 528 g/mol. The normalized spacial score (nSPS) is 12.5. The van der Waals surface area contributed by atoms with Gasteiger partial charge in [0.05, 0.1) is 6.54 Å². The molecular formula is C16H23F6IN4O. The molecule has 0 aliphatic heterocycles. The van der Waals surface area contributed by atoms with E-state index in [1.165, 1.54) is 26.2 Å². The van der Waals surface area contributed by atoms with Gasteiger partial charge in [0, 0.05) is 26.7 Å². The molecule has 0 spiro atoms. The van der Waals surface area contributed by atoms with E-state index < -0.39 is 25.5 Å². The molecule has 0 aliphatic rings. The van der Waals surface area contributed by atoms with Crippen LogP contribution in [0.3, 0.4) is 0 Å². The lowest BCUT2D eigenvalue weighted by atomic mass is 10.2. The van der Waals surface area contributed by atoms with E-state index in [-0.39, 0.29) is 42.8 Å². The van der Waals surface area contributed by atoms with Crippen molar-refractivity contribution in [2.45, 2.75) is 18.9 Å². The fourth-order valence-corrected chi connectivity index (χ4v) is 2.03. The number of rotatable bonds is 8. The van der Waals surface area contributed by atoms with Crippen LogP contribution >= 0.6 is 24.0 Å². The molecule has 0 radical (unpaired) electrons. The summed E-state index contributed by atoms with van der Waals surface area (Å²) in [6.45, 7) is -1.59. The van der Waals surface area contributed by atoms with Crippen molar-refractivity contribution in [2.24, 2.45) is 4.99 Å². The highest BCUT2D eigenvalue weighted by molar-refractivity contribution is 14.0. The maximum absolute atomic E-state index is 12.2. The molecule has 0 saturated heterocycles. The molecule has 5 nitrogen and oxygen atoms in total. The molecular weight excluding hydrogens is 505 g/mol. The summed E-state index contributed by atoms with van der Waals surface area (Å²) in [7, 11) is 2.89. The third kappa shape index (κ3) is 12.9. The topological polar surface area (TPSA) is 48.9 Å². The van der Waals surface area contributed by atoms with Crippen LogP contribution < -0.4 is 15.4 Å². The molecule has 1 rings (SSSR count). The van der Waals surface area contributed by atoms with Gasteiger partial charge in [0.15, 0.2) is 12.6 Å². The van der Waals surface area contributed by atoms with E-state index in [0.717, 1.165) is 10.5 Å². The number of hydrogen-bond donors (Lipinski definition) is 2. The summed E-state index contributed by atoms with van der Waals surface area (Å²) in [5, 5.41) is 5.85. The third-order valence-electron chi connectivity index (χ3n) is 3.24. The first-order chi connectivity index (χ1) is 12.5. The molecule has 12 heteroatoms. The minimum absolute atomic E-state index is 0. The molecule has 0 aliphatic carbocycles. The van der Waals surface area contributed by atoms with Gasteiger partial charge < -0.3 is 15.4 Å². The first kappa shape index (κ1) is 26.6. The number of hydrogen-bond acceptors (Lipinski definition) is 3. The third-order valence-corrected chi connectivity index (χ3v) is 3.24. The molecule has 0 atom stereocenters. The van der Waals surface area contributed by atoms with Crippen molar-refractivity contribution in [3.8, 4) is 5.75 Å². The van der Waals surface area contributed by atoms with Crippen molar-refractivity contribution >= 4 is 29.9 Å². The Morgan fingerprint density at radius 2 is 1.64 bits per heavy atom. The number of halogens is 7. The van der Waals surface area contributed by atoms with E-state index in [9.17, 15) is 26.3 Å². The largest absolute Gasteiger partial charge is 0.484 e. The Morgan fingerprint density at radius 3 is 2.14 bits per heavy atom. The molecule has 0 bridgehead atoms. The van der Waals surface area contributed by atoms with E-state index >= 15 is 0 Å². The molecule has 0 fully saturated rings. The Balaban J connectivity index is 0.00000729. The molecule has 1 aromatic carbocycles. The standard InChI is InChI=1S/C16H22F6N4O.HI/c1-23-14(24-7-8-26(2)10-15(17,18)19)25-9-12-3-5-13(6-4-12)27-11-16(20,21)22;/h3-6H,7-11H2,1-2H3,(H2,23,24,25);1H. The van der Waals surface area contributed by atoms with E-state index in [0.29, 0.717) is 12.5 Å². The molecule has 0 heterocycles. The van der Waals surface area contributed by atoms with Crippen molar-refractivity contribution in [1.82, 2.24) is 15.5 Å². The van der Waals surface area contributed by atoms with Gasteiger partial charge in [-0.3, -0.25) is 9.89 Å². The smallest absolute Gasteiger partial charge is 0.422 e. The van der Waals surface area contributed by atoms with E-state index in [1.54, 1.807) is 12.1 Å². The predicted octanol–water partition coefficient (Wildman–Crippen LogP) is 3.40. The molecule has 28 heavy (non-hydrogen) atoms. The number of guanidine groups is 1. The van der Waals surface area contributed by atoms with Gasteiger partial charge in [0.25, 0.3) is 0 Å². The molecule has 0 saturated carbocycles. The van der Waals surface area contributed by atoms with Gasteiger partial charge in [0.2, 0.25) is 0 Å². The van der Waals surface area contributed by atoms with Crippen molar-refractivity contribution < 1.29 is 31.1 Å². The van der Waals surface area contributed by atoms with E-state index in [2.05, 4.69) is 20.4 Å². The van der Waals surface area contributed by atoms with E-state index in [1.807, 2.05) is 0 Å². The Kier molecular flexibility index (Phi) is 11.6. The molecule has 0 aromatic heterocycles. The maximum Gasteiger partial charge on any atom is 0.422 e. The Bertz CT molecular complexity index is 592. The van der Waals surface area contributed by atoms with Crippen molar-refractivity contribution in [3.05, 3.63) is 29.8 Å². The number of nitrogens with zero attached hydrogens (tertiary/aromatic N) is 2. The summed E-state index contributed by atoms with van der Waals surface area (Å²) in [4.78, 5) is 5.09. The van der Waals surface area contributed by atoms with Crippen molar-refractivity contribution in [3.63, 3.8) is 0 Å². The minimum atomic E-state index is -4.40. The van der Waals surface area contributed by atoms with Crippen LogP contribution in [0.1, 0.15) is 5.56 Å². The minimum Gasteiger partial charge on any atom is -0.484 e. The zero-order chi connectivity index (χ0) is 20.5. The second-order valence-electron chi connectivity index (χ2n) is 5.75. The Hall–Kier alpha value is -1.44. The molecule has 2 N–H and O–H groups in total. The first-order valence-electron chi connectivity index (χ1n) is 7.97. The van der Waals surface area contributed by atoms with Crippen LogP contribution in [0.25, 0.3) is 0 Å². The number of likely N-dealkylation sites (N-methyl/N-ethyl adjacent to an activating group) is 1. The van der Waals surface area contributed by atoms with Crippen LogP contribution in [-0.2, 0) is 6.54 Å². The van der Waals surface area contributed by atoms with Crippen LogP contribution in [0.5, 0.6) is 5.75 Å². The SMILES string of the molecule is CN=C(NCCN(C)CC(F)(F)F)NCc1ccc(OCC(F)(F)F)cc1.I. The number of aliphatic imine (C=N–C) groups is 1. The lowest BCUT2D eigenvalue weighted by Crippen LogP contribution is -2.42. The van der Waals surface area contributed by atoms with Gasteiger partial charge in [-0.15, -0.1) is 24.0 Å². The first-order valence-corrected chi connectivity index (χ1v) is 7.97. The van der Waals surface area contributed by atoms with Gasteiger partial charge in [-0.1, -0.05) is 12.1 Å². The second kappa shape index (κ2) is 12.2. The highest BCUT2D eigenvalue weighted by atomic mass is 127. The summed E-state index contributed by atoms with van der Waals surface area (Å²) in [6.07, 6.45) is -8.64. The highest BCUT2D eigenvalue weighted by Gasteiger charge is 2.29. The zero-order valence-electron chi connectivity index (χ0n) is 15.3. The average Bonchev–Trinajstić information content (AvgIpc) is 2.54. The molecule has 162 valence electrons.